The molecule has 182 valence electrons. The van der Waals surface area contributed by atoms with Gasteiger partial charge in [-0.15, -0.1) is 0 Å². The summed E-state index contributed by atoms with van der Waals surface area (Å²) in [5, 5.41) is 11.1. The van der Waals surface area contributed by atoms with E-state index in [1.54, 1.807) is 86.8 Å². The van der Waals surface area contributed by atoms with Gasteiger partial charge in [0.1, 0.15) is 11.5 Å². The summed E-state index contributed by atoms with van der Waals surface area (Å²) in [7, 11) is -2.58. The maximum Gasteiger partial charge on any atom is 0.339 e. The van der Waals surface area contributed by atoms with Crippen molar-refractivity contribution in [3.63, 3.8) is 0 Å². The Kier molecular flexibility index (Phi) is 7.23. The Morgan fingerprint density at radius 3 is 2.11 bits per heavy atom. The SMILES string of the molecule is CCOC(=O)C1=C(O)C[C@H](c2ccc(OC)cc2)N(S(=O)(=O)c2ccccc2)[C@@H]1c1ccccc1. The third kappa shape index (κ3) is 4.80. The summed E-state index contributed by atoms with van der Waals surface area (Å²) in [5.74, 6) is -0.327. The first-order valence-corrected chi connectivity index (χ1v) is 12.7. The lowest BCUT2D eigenvalue weighted by Crippen LogP contribution is -2.44. The van der Waals surface area contributed by atoms with E-state index >= 15 is 0 Å². The zero-order valence-electron chi connectivity index (χ0n) is 19.5. The smallest absolute Gasteiger partial charge is 0.339 e. The van der Waals surface area contributed by atoms with Crippen LogP contribution in [0.3, 0.4) is 0 Å². The van der Waals surface area contributed by atoms with Gasteiger partial charge >= 0.3 is 5.97 Å². The molecule has 35 heavy (non-hydrogen) atoms. The Morgan fingerprint density at radius 1 is 0.943 bits per heavy atom. The van der Waals surface area contributed by atoms with Gasteiger partial charge < -0.3 is 14.6 Å². The summed E-state index contributed by atoms with van der Waals surface area (Å²) in [5.41, 5.74) is 1.11. The number of hydrogen-bond acceptors (Lipinski definition) is 6. The number of carbonyl (C=O) groups is 1. The molecule has 0 aliphatic carbocycles. The van der Waals surface area contributed by atoms with Crippen LogP contribution in [0.1, 0.15) is 36.6 Å². The highest BCUT2D eigenvalue weighted by Gasteiger charge is 2.47. The molecule has 0 saturated carbocycles. The van der Waals surface area contributed by atoms with Crippen molar-refractivity contribution in [2.45, 2.75) is 30.3 Å². The van der Waals surface area contributed by atoms with Crippen LogP contribution < -0.4 is 4.74 Å². The Hall–Kier alpha value is -3.62. The van der Waals surface area contributed by atoms with E-state index in [2.05, 4.69) is 0 Å². The molecule has 1 aliphatic heterocycles. The number of esters is 1. The van der Waals surface area contributed by atoms with Crippen LogP contribution in [-0.4, -0.2) is 37.5 Å². The zero-order chi connectivity index (χ0) is 25.0. The third-order valence-corrected chi connectivity index (χ3v) is 7.85. The van der Waals surface area contributed by atoms with E-state index in [-0.39, 0.29) is 29.3 Å². The van der Waals surface area contributed by atoms with E-state index in [0.717, 1.165) is 0 Å². The second kappa shape index (κ2) is 10.3. The molecule has 0 bridgehead atoms. The van der Waals surface area contributed by atoms with Crippen molar-refractivity contribution in [3.8, 4) is 5.75 Å². The monoisotopic (exact) mass is 493 g/mol. The van der Waals surface area contributed by atoms with Gasteiger partial charge in [0.2, 0.25) is 10.0 Å². The quantitative estimate of drug-likeness (QED) is 0.468. The Balaban J connectivity index is 1.98. The van der Waals surface area contributed by atoms with E-state index < -0.39 is 28.1 Å². The maximum atomic E-state index is 14.2. The molecule has 0 aromatic heterocycles. The summed E-state index contributed by atoms with van der Waals surface area (Å²) in [4.78, 5) is 13.1. The predicted octanol–water partition coefficient (Wildman–Crippen LogP) is 4.95. The van der Waals surface area contributed by atoms with Crippen molar-refractivity contribution in [2.24, 2.45) is 0 Å². The molecule has 0 fully saturated rings. The number of nitrogens with zero attached hydrogens (tertiary/aromatic N) is 1. The number of benzene rings is 3. The standard InChI is InChI=1S/C27H27NO6S/c1-3-34-27(30)25-24(29)18-23(19-14-16-21(33-2)17-15-19)28(26(25)20-10-6-4-7-11-20)35(31,32)22-12-8-5-9-13-22/h4-17,23,26,29H,3,18H2,1-2H3/t23-,26-/m1/s1. The van der Waals surface area contributed by atoms with Gasteiger partial charge in [-0.25, -0.2) is 13.2 Å². The number of aliphatic hydroxyl groups excluding tert-OH is 1. The number of methoxy groups -OCH3 is 1. The normalized spacial score (nSPS) is 18.8. The highest BCUT2D eigenvalue weighted by molar-refractivity contribution is 7.89. The fourth-order valence-electron chi connectivity index (χ4n) is 4.35. The molecule has 3 aromatic rings. The molecule has 1 aliphatic rings. The number of hydrogen-bond donors (Lipinski definition) is 1. The molecule has 0 radical (unpaired) electrons. The number of aliphatic hydroxyl groups is 1. The van der Waals surface area contributed by atoms with Gasteiger partial charge in [0.15, 0.2) is 0 Å². The minimum absolute atomic E-state index is 0.0812. The fourth-order valence-corrected chi connectivity index (χ4v) is 6.13. The van der Waals surface area contributed by atoms with E-state index in [1.165, 1.54) is 16.4 Å². The Bertz CT molecular complexity index is 1300. The lowest BCUT2D eigenvalue weighted by atomic mass is 9.88. The average Bonchev–Trinajstić information content (AvgIpc) is 2.89. The molecular formula is C27H27NO6S. The average molecular weight is 494 g/mol. The Morgan fingerprint density at radius 2 is 1.54 bits per heavy atom. The van der Waals surface area contributed by atoms with Crippen LogP contribution in [0.2, 0.25) is 0 Å². The molecule has 0 unspecified atom stereocenters. The molecule has 1 N–H and O–H groups in total. The van der Waals surface area contributed by atoms with E-state index in [9.17, 15) is 18.3 Å². The van der Waals surface area contributed by atoms with Gasteiger partial charge in [-0.2, -0.15) is 4.31 Å². The van der Waals surface area contributed by atoms with Crippen molar-refractivity contribution in [1.29, 1.82) is 0 Å². The van der Waals surface area contributed by atoms with Gasteiger partial charge in [0, 0.05) is 6.42 Å². The summed E-state index contributed by atoms with van der Waals surface area (Å²) < 4.78 is 40.1. The summed E-state index contributed by atoms with van der Waals surface area (Å²) >= 11 is 0. The lowest BCUT2D eigenvalue weighted by molar-refractivity contribution is -0.139. The molecule has 1 heterocycles. The summed E-state index contributed by atoms with van der Waals surface area (Å²) in [6.07, 6.45) is -0.0874. The van der Waals surface area contributed by atoms with E-state index in [1.807, 2.05) is 0 Å². The first kappa shape index (κ1) is 24.5. The second-order valence-electron chi connectivity index (χ2n) is 8.04. The van der Waals surface area contributed by atoms with Crippen molar-refractivity contribution >= 4 is 16.0 Å². The zero-order valence-corrected chi connectivity index (χ0v) is 20.3. The summed E-state index contributed by atoms with van der Waals surface area (Å²) in [6.45, 7) is 1.75. The molecule has 0 spiro atoms. The molecule has 8 heteroatoms. The van der Waals surface area contributed by atoms with Gasteiger partial charge in [-0.05, 0) is 42.3 Å². The predicted molar refractivity (Wildman–Crippen MR) is 131 cm³/mol. The maximum absolute atomic E-state index is 14.2. The van der Waals surface area contributed by atoms with Crippen LogP contribution in [0.15, 0.2) is 101 Å². The molecule has 0 saturated heterocycles. The fraction of sp³-hybridized carbons (Fsp3) is 0.222. The highest BCUT2D eigenvalue weighted by Crippen LogP contribution is 2.48. The minimum atomic E-state index is -4.13. The molecule has 0 amide bonds. The number of rotatable bonds is 7. The van der Waals surface area contributed by atoms with Crippen molar-refractivity contribution in [1.82, 2.24) is 4.31 Å². The lowest BCUT2D eigenvalue weighted by Gasteiger charge is -2.41. The van der Waals surface area contributed by atoms with Crippen LogP contribution in [0, 0.1) is 0 Å². The van der Waals surface area contributed by atoms with E-state index in [4.69, 9.17) is 9.47 Å². The van der Waals surface area contributed by atoms with Crippen molar-refractivity contribution in [2.75, 3.05) is 13.7 Å². The van der Waals surface area contributed by atoms with E-state index in [0.29, 0.717) is 16.9 Å². The first-order chi connectivity index (χ1) is 16.9. The van der Waals surface area contributed by atoms with Gasteiger partial charge in [-0.1, -0.05) is 60.7 Å². The number of carbonyl (C=O) groups excluding carboxylic acids is 1. The van der Waals surface area contributed by atoms with Gasteiger partial charge in [-0.3, -0.25) is 0 Å². The first-order valence-electron chi connectivity index (χ1n) is 11.2. The molecule has 4 rings (SSSR count). The molecule has 3 aromatic carbocycles. The van der Waals surface area contributed by atoms with Crippen LogP contribution in [-0.2, 0) is 19.6 Å². The van der Waals surface area contributed by atoms with Gasteiger partial charge in [0.05, 0.1) is 36.3 Å². The van der Waals surface area contributed by atoms with Crippen molar-refractivity contribution < 1.29 is 27.8 Å². The van der Waals surface area contributed by atoms with Crippen LogP contribution in [0.4, 0.5) is 0 Å². The second-order valence-corrected chi connectivity index (χ2v) is 9.88. The minimum Gasteiger partial charge on any atom is -0.512 e. The largest absolute Gasteiger partial charge is 0.512 e. The highest BCUT2D eigenvalue weighted by atomic mass is 32.2. The number of ether oxygens (including phenoxy) is 2. The van der Waals surface area contributed by atoms with Crippen LogP contribution in [0.5, 0.6) is 5.75 Å². The molecule has 7 nitrogen and oxygen atoms in total. The summed E-state index contributed by atoms with van der Waals surface area (Å²) in [6, 6.07) is 22.0. The third-order valence-electron chi connectivity index (χ3n) is 5.96. The van der Waals surface area contributed by atoms with Crippen LogP contribution >= 0.6 is 0 Å². The van der Waals surface area contributed by atoms with Crippen LogP contribution in [0.25, 0.3) is 0 Å². The topological polar surface area (TPSA) is 93.1 Å². The van der Waals surface area contributed by atoms with Crippen molar-refractivity contribution in [3.05, 3.63) is 107 Å². The van der Waals surface area contributed by atoms with Gasteiger partial charge in [0.25, 0.3) is 0 Å². The molecule has 2 atom stereocenters. The molecular weight excluding hydrogens is 466 g/mol. The Labute approximate surface area is 205 Å². The number of sulfonamides is 1.